The fraction of sp³-hybridized carbons (Fsp3) is 0.400. The summed E-state index contributed by atoms with van der Waals surface area (Å²) in [4.78, 5) is 36.9. The number of Topliss-reactive ketones (excluding diaryl/α,β-unsaturated/α-hetero) is 1. The van der Waals surface area contributed by atoms with Gasteiger partial charge >= 0.3 is 5.97 Å². The Morgan fingerprint density at radius 2 is 1.85 bits per heavy atom. The minimum atomic E-state index is -0.568. The number of hydrogen-bond donors (Lipinski definition) is 0. The third-order valence-electron chi connectivity index (χ3n) is 3.37. The van der Waals surface area contributed by atoms with Crippen LogP contribution in [0.1, 0.15) is 34.8 Å². The third kappa shape index (κ3) is 2.31. The van der Waals surface area contributed by atoms with Gasteiger partial charge in [0.15, 0.2) is 0 Å². The number of amides is 1. The van der Waals surface area contributed by atoms with Crippen molar-refractivity contribution in [2.45, 2.75) is 27.2 Å². The molecule has 1 aliphatic rings. The minimum absolute atomic E-state index is 0.0830. The molecule has 106 valence electrons. The smallest absolute Gasteiger partial charge is 0.307 e. The van der Waals surface area contributed by atoms with E-state index in [9.17, 15) is 14.4 Å². The number of hydrogen-bond acceptors (Lipinski definition) is 4. The highest BCUT2D eigenvalue weighted by Gasteiger charge is 2.38. The quantitative estimate of drug-likeness (QED) is 0.620. The van der Waals surface area contributed by atoms with Crippen LogP contribution >= 0.6 is 0 Å². The number of esters is 1. The Balaban J connectivity index is 2.29. The van der Waals surface area contributed by atoms with E-state index in [4.69, 9.17) is 4.74 Å². The highest BCUT2D eigenvalue weighted by molar-refractivity contribution is 6.52. The van der Waals surface area contributed by atoms with E-state index in [1.54, 1.807) is 13.8 Å². The van der Waals surface area contributed by atoms with Gasteiger partial charge in [-0.2, -0.15) is 0 Å². The summed E-state index contributed by atoms with van der Waals surface area (Å²) < 4.78 is 4.84. The van der Waals surface area contributed by atoms with Crippen LogP contribution in [-0.4, -0.2) is 30.8 Å². The average Bonchev–Trinajstić information content (AvgIpc) is 2.66. The van der Waals surface area contributed by atoms with E-state index in [0.717, 1.165) is 11.1 Å². The number of ketones is 1. The Bertz CT molecular complexity index is 592. The van der Waals surface area contributed by atoms with Gasteiger partial charge in [0.1, 0.15) is 0 Å². The second-order valence-electron chi connectivity index (χ2n) is 4.76. The number of benzene rings is 1. The molecule has 0 radical (unpaired) electrons. The fourth-order valence-corrected chi connectivity index (χ4v) is 2.41. The molecule has 0 unspecified atom stereocenters. The highest BCUT2D eigenvalue weighted by atomic mass is 16.5. The lowest BCUT2D eigenvalue weighted by Crippen LogP contribution is -2.32. The molecular formula is C15H17NO4. The molecule has 0 bridgehead atoms. The Morgan fingerprint density at radius 1 is 1.20 bits per heavy atom. The van der Waals surface area contributed by atoms with Crippen molar-refractivity contribution in [1.29, 1.82) is 0 Å². The van der Waals surface area contributed by atoms with Crippen LogP contribution in [0.15, 0.2) is 12.1 Å². The molecule has 1 heterocycles. The Kier molecular flexibility index (Phi) is 3.88. The first-order chi connectivity index (χ1) is 9.47. The average molecular weight is 275 g/mol. The van der Waals surface area contributed by atoms with Gasteiger partial charge in [0.2, 0.25) is 0 Å². The summed E-state index contributed by atoms with van der Waals surface area (Å²) in [5.41, 5.74) is 2.72. The van der Waals surface area contributed by atoms with Crippen molar-refractivity contribution in [1.82, 2.24) is 0 Å². The molecule has 1 amide bonds. The standard InChI is InChI=1S/C15H17NO4/c1-4-20-11(17)7-8-16-13-10(3)6-5-9(2)12(13)14(18)15(16)19/h5-6H,4,7-8H2,1-3H3. The van der Waals surface area contributed by atoms with Crippen molar-refractivity contribution < 1.29 is 19.1 Å². The number of fused-ring (bicyclic) bond motifs is 1. The number of carbonyl (C=O) groups excluding carboxylic acids is 3. The largest absolute Gasteiger partial charge is 0.466 e. The first-order valence-corrected chi connectivity index (χ1v) is 6.59. The van der Waals surface area contributed by atoms with Gasteiger partial charge < -0.3 is 9.64 Å². The zero-order chi connectivity index (χ0) is 14.9. The second-order valence-corrected chi connectivity index (χ2v) is 4.76. The van der Waals surface area contributed by atoms with E-state index in [2.05, 4.69) is 0 Å². The van der Waals surface area contributed by atoms with Gasteiger partial charge in [-0.3, -0.25) is 14.4 Å². The van der Waals surface area contributed by atoms with E-state index >= 15 is 0 Å². The van der Waals surface area contributed by atoms with Crippen molar-refractivity contribution in [3.05, 3.63) is 28.8 Å². The molecular weight excluding hydrogens is 258 g/mol. The zero-order valence-electron chi connectivity index (χ0n) is 11.9. The third-order valence-corrected chi connectivity index (χ3v) is 3.37. The molecule has 0 aromatic heterocycles. The van der Waals surface area contributed by atoms with Crippen LogP contribution in [0.25, 0.3) is 0 Å². The van der Waals surface area contributed by atoms with Gasteiger partial charge in [0.05, 0.1) is 24.3 Å². The first-order valence-electron chi connectivity index (χ1n) is 6.59. The fourth-order valence-electron chi connectivity index (χ4n) is 2.41. The molecule has 2 rings (SSSR count). The maximum absolute atomic E-state index is 12.1. The highest BCUT2D eigenvalue weighted by Crippen LogP contribution is 2.34. The summed E-state index contributed by atoms with van der Waals surface area (Å²) in [5.74, 6) is -1.43. The van der Waals surface area contributed by atoms with Crippen LogP contribution < -0.4 is 4.90 Å². The zero-order valence-corrected chi connectivity index (χ0v) is 11.9. The number of carbonyl (C=O) groups is 3. The summed E-state index contributed by atoms with van der Waals surface area (Å²) in [6.07, 6.45) is 0.0830. The lowest BCUT2D eigenvalue weighted by molar-refractivity contribution is -0.142. The van der Waals surface area contributed by atoms with Crippen molar-refractivity contribution in [3.63, 3.8) is 0 Å². The Morgan fingerprint density at radius 3 is 2.50 bits per heavy atom. The van der Waals surface area contributed by atoms with Crippen LogP contribution in [0.3, 0.4) is 0 Å². The first kappa shape index (κ1) is 14.2. The van der Waals surface area contributed by atoms with E-state index in [1.165, 1.54) is 4.90 Å². The van der Waals surface area contributed by atoms with E-state index in [0.29, 0.717) is 17.9 Å². The van der Waals surface area contributed by atoms with Crippen LogP contribution in [0.2, 0.25) is 0 Å². The maximum Gasteiger partial charge on any atom is 0.307 e. The Labute approximate surface area is 117 Å². The van der Waals surface area contributed by atoms with Crippen LogP contribution in [-0.2, 0) is 14.3 Å². The van der Waals surface area contributed by atoms with Crippen molar-refractivity contribution in [3.8, 4) is 0 Å². The van der Waals surface area contributed by atoms with Crippen LogP contribution in [0.5, 0.6) is 0 Å². The molecule has 5 nitrogen and oxygen atoms in total. The Hall–Kier alpha value is -2.17. The molecule has 0 saturated heterocycles. The molecule has 0 aliphatic carbocycles. The normalized spacial score (nSPS) is 13.7. The van der Waals surface area contributed by atoms with Gasteiger partial charge in [-0.05, 0) is 31.9 Å². The molecule has 0 saturated carbocycles. The molecule has 1 aromatic carbocycles. The predicted molar refractivity (Wildman–Crippen MR) is 73.8 cm³/mol. The van der Waals surface area contributed by atoms with Crippen LogP contribution in [0.4, 0.5) is 5.69 Å². The molecule has 0 spiro atoms. The summed E-state index contributed by atoms with van der Waals surface area (Å²) >= 11 is 0. The second kappa shape index (κ2) is 5.45. The topological polar surface area (TPSA) is 63.7 Å². The number of ether oxygens (including phenoxy) is 1. The van der Waals surface area contributed by atoms with Crippen molar-refractivity contribution in [2.75, 3.05) is 18.1 Å². The van der Waals surface area contributed by atoms with Crippen molar-refractivity contribution >= 4 is 23.3 Å². The molecule has 20 heavy (non-hydrogen) atoms. The molecule has 0 N–H and O–H groups in total. The molecule has 1 aliphatic heterocycles. The SMILES string of the molecule is CCOC(=O)CCN1C(=O)C(=O)c2c(C)ccc(C)c21. The monoisotopic (exact) mass is 275 g/mol. The lowest BCUT2D eigenvalue weighted by Gasteiger charge is -2.18. The summed E-state index contributed by atoms with van der Waals surface area (Å²) in [6.45, 7) is 5.85. The van der Waals surface area contributed by atoms with Crippen molar-refractivity contribution in [2.24, 2.45) is 0 Å². The maximum atomic E-state index is 12.1. The summed E-state index contributed by atoms with van der Waals surface area (Å²) in [5, 5.41) is 0. The van der Waals surface area contributed by atoms with E-state index in [1.807, 2.05) is 19.1 Å². The molecule has 5 heteroatoms. The molecule has 1 aromatic rings. The van der Waals surface area contributed by atoms with Gasteiger partial charge in [0, 0.05) is 6.54 Å². The van der Waals surface area contributed by atoms with Gasteiger partial charge in [-0.15, -0.1) is 0 Å². The lowest BCUT2D eigenvalue weighted by atomic mass is 10.0. The number of anilines is 1. The van der Waals surface area contributed by atoms with Gasteiger partial charge in [-0.1, -0.05) is 12.1 Å². The molecule has 0 fully saturated rings. The number of aryl methyl sites for hydroxylation is 2. The summed E-state index contributed by atoms with van der Waals surface area (Å²) in [6, 6.07) is 3.70. The van der Waals surface area contributed by atoms with E-state index in [-0.39, 0.29) is 18.9 Å². The van der Waals surface area contributed by atoms with E-state index < -0.39 is 11.7 Å². The molecule has 0 atom stereocenters. The van der Waals surface area contributed by atoms with Gasteiger partial charge in [0.25, 0.3) is 11.7 Å². The number of rotatable bonds is 4. The van der Waals surface area contributed by atoms with Crippen LogP contribution in [0, 0.1) is 13.8 Å². The predicted octanol–water partition coefficient (Wildman–Crippen LogP) is 1.79. The van der Waals surface area contributed by atoms with Gasteiger partial charge in [-0.25, -0.2) is 0 Å². The number of nitrogens with zero attached hydrogens (tertiary/aromatic N) is 1. The minimum Gasteiger partial charge on any atom is -0.466 e. The summed E-state index contributed by atoms with van der Waals surface area (Å²) in [7, 11) is 0.